The van der Waals surface area contributed by atoms with Crippen LogP contribution in [0, 0.1) is 19.8 Å². The number of nitrogens with zero attached hydrogens (tertiary/aromatic N) is 1. The largest absolute Gasteiger partial charge is 0.212 e. The molecule has 19 heavy (non-hydrogen) atoms. The number of aryl methyl sites for hydroxylation is 3. The van der Waals surface area contributed by atoms with Gasteiger partial charge in [-0.15, -0.1) is 0 Å². The summed E-state index contributed by atoms with van der Waals surface area (Å²) in [6, 6.07) is 11.3. The molecule has 0 atom stereocenters. The molecule has 1 nitrogen and oxygen atoms in total. The Labute approximate surface area is 116 Å². The summed E-state index contributed by atoms with van der Waals surface area (Å²) in [6.07, 6.45) is 3.28. The van der Waals surface area contributed by atoms with Gasteiger partial charge in [0.25, 0.3) is 0 Å². The molecule has 0 aliphatic rings. The van der Waals surface area contributed by atoms with E-state index in [0.29, 0.717) is 5.92 Å². The van der Waals surface area contributed by atoms with Crippen LogP contribution in [0.3, 0.4) is 0 Å². The van der Waals surface area contributed by atoms with E-state index in [4.69, 9.17) is 0 Å². The lowest BCUT2D eigenvalue weighted by atomic mass is 9.96. The lowest BCUT2D eigenvalue weighted by Gasteiger charge is -2.10. The van der Waals surface area contributed by atoms with Gasteiger partial charge in [-0.3, -0.25) is 0 Å². The highest BCUT2D eigenvalue weighted by molar-refractivity contribution is 5.62. The Hall–Kier alpha value is -1.63. The van der Waals surface area contributed by atoms with Gasteiger partial charge < -0.3 is 0 Å². The molecule has 0 aliphatic heterocycles. The lowest BCUT2D eigenvalue weighted by Crippen LogP contribution is -2.30. The fraction of sp³-hybridized carbons (Fsp3) is 0.389. The van der Waals surface area contributed by atoms with Gasteiger partial charge in [-0.05, 0) is 48.9 Å². The van der Waals surface area contributed by atoms with Crippen LogP contribution < -0.4 is 4.57 Å². The first-order chi connectivity index (χ1) is 8.97. The van der Waals surface area contributed by atoms with Crippen molar-refractivity contribution in [2.24, 2.45) is 13.0 Å². The Morgan fingerprint density at radius 2 is 1.79 bits per heavy atom. The van der Waals surface area contributed by atoms with Gasteiger partial charge in [0.15, 0.2) is 6.20 Å². The van der Waals surface area contributed by atoms with E-state index >= 15 is 0 Å². The van der Waals surface area contributed by atoms with Crippen molar-refractivity contribution in [3.63, 3.8) is 0 Å². The zero-order chi connectivity index (χ0) is 14.0. The molecule has 0 bridgehead atoms. The maximum absolute atomic E-state index is 2.35. The highest BCUT2D eigenvalue weighted by Gasteiger charge is 2.13. The fourth-order valence-corrected chi connectivity index (χ4v) is 2.49. The van der Waals surface area contributed by atoms with Gasteiger partial charge in [-0.1, -0.05) is 26.0 Å². The third kappa shape index (κ3) is 3.23. The van der Waals surface area contributed by atoms with E-state index in [1.807, 2.05) is 0 Å². The van der Waals surface area contributed by atoms with E-state index in [0.717, 1.165) is 6.42 Å². The monoisotopic (exact) mass is 254 g/mol. The minimum absolute atomic E-state index is 0.696. The lowest BCUT2D eigenvalue weighted by molar-refractivity contribution is -0.660. The predicted octanol–water partition coefficient (Wildman–Crippen LogP) is 3.99. The molecule has 0 N–H and O–H groups in total. The number of pyridine rings is 1. The average Bonchev–Trinajstić information content (AvgIpc) is 2.34. The molecule has 1 aromatic carbocycles. The molecule has 1 heterocycles. The summed E-state index contributed by atoms with van der Waals surface area (Å²) in [4.78, 5) is 0. The maximum atomic E-state index is 2.35. The highest BCUT2D eigenvalue weighted by Crippen LogP contribution is 2.23. The average molecular weight is 254 g/mol. The van der Waals surface area contributed by atoms with Crippen molar-refractivity contribution in [3.8, 4) is 11.3 Å². The summed E-state index contributed by atoms with van der Waals surface area (Å²) in [7, 11) is 2.11. The Morgan fingerprint density at radius 3 is 2.47 bits per heavy atom. The molecule has 0 saturated carbocycles. The second-order valence-electron chi connectivity index (χ2n) is 5.95. The quantitative estimate of drug-likeness (QED) is 0.729. The summed E-state index contributed by atoms with van der Waals surface area (Å²) in [5.74, 6) is 0.696. The van der Waals surface area contributed by atoms with Crippen LogP contribution in [0.2, 0.25) is 0 Å². The van der Waals surface area contributed by atoms with Gasteiger partial charge in [-0.2, -0.15) is 0 Å². The minimum atomic E-state index is 0.696. The Kier molecular flexibility index (Phi) is 4.04. The van der Waals surface area contributed by atoms with Crippen molar-refractivity contribution in [2.75, 3.05) is 0 Å². The Bertz CT molecular complexity index is 582. The van der Waals surface area contributed by atoms with E-state index in [1.54, 1.807) is 0 Å². The summed E-state index contributed by atoms with van der Waals surface area (Å²) < 4.78 is 2.20. The number of hydrogen-bond acceptors (Lipinski definition) is 0. The molecule has 0 aliphatic carbocycles. The molecule has 0 saturated heterocycles. The smallest absolute Gasteiger partial charge is 0.201 e. The van der Waals surface area contributed by atoms with Crippen LogP contribution in [0.25, 0.3) is 11.3 Å². The zero-order valence-electron chi connectivity index (χ0n) is 12.7. The minimum Gasteiger partial charge on any atom is -0.201 e. The number of rotatable bonds is 3. The topological polar surface area (TPSA) is 3.88 Å². The van der Waals surface area contributed by atoms with Crippen molar-refractivity contribution in [1.29, 1.82) is 0 Å². The standard InChI is InChI=1S/C18H24N/c1-13(2)10-16-7-6-15(4)17(12-16)18-11-14(3)8-9-19(18)5/h6-9,11-13H,10H2,1-5H3/q+1. The van der Waals surface area contributed by atoms with Crippen LogP contribution >= 0.6 is 0 Å². The van der Waals surface area contributed by atoms with Crippen LogP contribution in [-0.2, 0) is 13.5 Å². The number of aromatic nitrogens is 1. The molecule has 1 aromatic heterocycles. The van der Waals surface area contributed by atoms with Crippen LogP contribution in [-0.4, -0.2) is 0 Å². The molecule has 0 unspecified atom stereocenters. The molecule has 100 valence electrons. The van der Waals surface area contributed by atoms with Crippen LogP contribution in [0.15, 0.2) is 36.5 Å². The fourth-order valence-electron chi connectivity index (χ4n) is 2.49. The van der Waals surface area contributed by atoms with Crippen LogP contribution in [0.5, 0.6) is 0 Å². The van der Waals surface area contributed by atoms with Crippen molar-refractivity contribution < 1.29 is 4.57 Å². The molecule has 1 heteroatoms. The second kappa shape index (κ2) is 5.56. The first kappa shape index (κ1) is 13.8. The zero-order valence-corrected chi connectivity index (χ0v) is 12.7. The first-order valence-corrected chi connectivity index (χ1v) is 7.03. The van der Waals surface area contributed by atoms with Gasteiger partial charge in [0.05, 0.1) is 0 Å². The predicted molar refractivity (Wildman–Crippen MR) is 81.1 cm³/mol. The molecule has 2 rings (SSSR count). The van der Waals surface area contributed by atoms with Crippen molar-refractivity contribution in [1.82, 2.24) is 0 Å². The van der Waals surface area contributed by atoms with Crippen LogP contribution in [0.4, 0.5) is 0 Å². The molecule has 0 radical (unpaired) electrons. The summed E-state index contributed by atoms with van der Waals surface area (Å²) in [5, 5.41) is 0. The van der Waals surface area contributed by atoms with Crippen molar-refractivity contribution in [3.05, 3.63) is 53.2 Å². The molecule has 0 amide bonds. The summed E-state index contributed by atoms with van der Waals surface area (Å²) in [6.45, 7) is 8.88. The van der Waals surface area contributed by atoms with Crippen LogP contribution in [0.1, 0.15) is 30.5 Å². The molecule has 2 aromatic rings. The molecular weight excluding hydrogens is 230 g/mol. The van der Waals surface area contributed by atoms with E-state index in [1.165, 1.54) is 27.9 Å². The van der Waals surface area contributed by atoms with E-state index in [2.05, 4.69) is 75.8 Å². The number of hydrogen-bond donors (Lipinski definition) is 0. The second-order valence-corrected chi connectivity index (χ2v) is 5.95. The van der Waals surface area contributed by atoms with Gasteiger partial charge in [0, 0.05) is 17.7 Å². The van der Waals surface area contributed by atoms with E-state index in [-0.39, 0.29) is 0 Å². The van der Waals surface area contributed by atoms with Gasteiger partial charge >= 0.3 is 0 Å². The Balaban J connectivity index is 2.51. The normalized spacial score (nSPS) is 11.1. The maximum Gasteiger partial charge on any atom is 0.212 e. The first-order valence-electron chi connectivity index (χ1n) is 7.03. The van der Waals surface area contributed by atoms with Gasteiger partial charge in [0.1, 0.15) is 7.05 Å². The van der Waals surface area contributed by atoms with Gasteiger partial charge in [-0.25, -0.2) is 4.57 Å². The van der Waals surface area contributed by atoms with Crippen molar-refractivity contribution >= 4 is 0 Å². The Morgan fingerprint density at radius 1 is 1.05 bits per heavy atom. The third-order valence-electron chi connectivity index (χ3n) is 3.53. The molecular formula is C18H24N+. The number of benzene rings is 1. The van der Waals surface area contributed by atoms with Gasteiger partial charge in [0.2, 0.25) is 5.69 Å². The summed E-state index contributed by atoms with van der Waals surface area (Å²) >= 11 is 0. The SMILES string of the molecule is Cc1cc[n+](C)c(-c2cc(CC(C)C)ccc2C)c1. The molecule has 0 spiro atoms. The van der Waals surface area contributed by atoms with E-state index in [9.17, 15) is 0 Å². The third-order valence-corrected chi connectivity index (χ3v) is 3.53. The summed E-state index contributed by atoms with van der Waals surface area (Å²) in [5.41, 5.74) is 6.72. The van der Waals surface area contributed by atoms with E-state index < -0.39 is 0 Å². The van der Waals surface area contributed by atoms with Crippen molar-refractivity contribution in [2.45, 2.75) is 34.1 Å². The highest BCUT2D eigenvalue weighted by atomic mass is 14.9. The molecule has 0 fully saturated rings.